The molecule has 2 amide bonds. The van der Waals surface area contributed by atoms with Crippen molar-refractivity contribution in [3.63, 3.8) is 0 Å². The lowest BCUT2D eigenvalue weighted by Crippen LogP contribution is -2.20. The molecular weight excluding hydrogens is 398 g/mol. The van der Waals surface area contributed by atoms with E-state index in [4.69, 9.17) is 0 Å². The van der Waals surface area contributed by atoms with Gasteiger partial charge in [0.2, 0.25) is 11.8 Å². The number of rotatable bonds is 4. The first-order valence-corrected chi connectivity index (χ1v) is 8.68. The van der Waals surface area contributed by atoms with Crippen LogP contribution in [-0.4, -0.2) is 16.4 Å². The molecule has 0 fully saturated rings. The monoisotopic (exact) mass is 413 g/mol. The van der Waals surface area contributed by atoms with Gasteiger partial charge in [-0.3, -0.25) is 14.4 Å². The fourth-order valence-corrected chi connectivity index (χ4v) is 3.02. The van der Waals surface area contributed by atoms with Gasteiger partial charge in [-0.15, -0.1) is 0 Å². The number of halogens is 1. The molecule has 0 saturated carbocycles. The molecule has 0 atom stereocenters. The summed E-state index contributed by atoms with van der Waals surface area (Å²) < 4.78 is 2.52. The molecule has 0 aliphatic carbocycles. The fourth-order valence-electron chi connectivity index (χ4n) is 2.65. The van der Waals surface area contributed by atoms with Crippen LogP contribution in [0.15, 0.2) is 64.0 Å². The second-order valence-corrected chi connectivity index (χ2v) is 6.70. The molecule has 1 heterocycles. The lowest BCUT2D eigenvalue weighted by Gasteiger charge is -2.12. The summed E-state index contributed by atoms with van der Waals surface area (Å²) in [5.41, 5.74) is 1.77. The minimum Gasteiger partial charge on any atom is -0.338 e. The summed E-state index contributed by atoms with van der Waals surface area (Å²) in [6.45, 7) is 1.48. The van der Waals surface area contributed by atoms with Gasteiger partial charge in [0.05, 0.1) is 5.52 Å². The van der Waals surface area contributed by atoms with Crippen molar-refractivity contribution in [3.8, 4) is 0 Å². The standard InChI is InChI=1S/C19H16BrN3O3/c1-12(24)21-14-3-2-4-15(10-14)22-19(26)11-23-8-7-18(25)16-9-13(20)5-6-17(16)23/h2-10H,11H2,1H3,(H,21,24)(H,22,26). The van der Waals surface area contributed by atoms with E-state index in [0.717, 1.165) is 4.47 Å². The summed E-state index contributed by atoms with van der Waals surface area (Å²) in [6, 6.07) is 13.7. The van der Waals surface area contributed by atoms with Gasteiger partial charge < -0.3 is 15.2 Å². The van der Waals surface area contributed by atoms with Crippen LogP contribution in [0.25, 0.3) is 10.9 Å². The van der Waals surface area contributed by atoms with E-state index >= 15 is 0 Å². The van der Waals surface area contributed by atoms with E-state index in [1.807, 2.05) is 6.07 Å². The Balaban J connectivity index is 1.81. The molecule has 0 radical (unpaired) electrons. The highest BCUT2D eigenvalue weighted by atomic mass is 79.9. The van der Waals surface area contributed by atoms with E-state index in [1.165, 1.54) is 13.0 Å². The lowest BCUT2D eigenvalue weighted by atomic mass is 10.2. The quantitative estimate of drug-likeness (QED) is 0.687. The Labute approximate surface area is 158 Å². The zero-order valence-electron chi connectivity index (χ0n) is 14.0. The summed E-state index contributed by atoms with van der Waals surface area (Å²) in [4.78, 5) is 35.6. The maximum absolute atomic E-state index is 12.4. The van der Waals surface area contributed by atoms with Gasteiger partial charge in [0.25, 0.3) is 0 Å². The number of pyridine rings is 1. The number of carbonyl (C=O) groups excluding carboxylic acids is 2. The summed E-state index contributed by atoms with van der Waals surface area (Å²) in [7, 11) is 0. The molecule has 0 bridgehead atoms. The Bertz CT molecular complexity index is 1060. The second kappa shape index (κ2) is 7.53. The summed E-state index contributed by atoms with van der Waals surface area (Å²) in [6.07, 6.45) is 1.60. The Morgan fingerprint density at radius 3 is 2.50 bits per heavy atom. The molecule has 0 saturated heterocycles. The maximum Gasteiger partial charge on any atom is 0.244 e. The van der Waals surface area contributed by atoms with Gasteiger partial charge in [-0.05, 0) is 36.4 Å². The Morgan fingerprint density at radius 1 is 1.04 bits per heavy atom. The van der Waals surface area contributed by atoms with Crippen molar-refractivity contribution >= 4 is 50.0 Å². The summed E-state index contributed by atoms with van der Waals surface area (Å²) >= 11 is 3.35. The molecule has 2 N–H and O–H groups in total. The van der Waals surface area contributed by atoms with Crippen LogP contribution < -0.4 is 16.1 Å². The van der Waals surface area contributed by atoms with Crippen LogP contribution in [0.2, 0.25) is 0 Å². The van der Waals surface area contributed by atoms with Crippen LogP contribution in [0.3, 0.4) is 0 Å². The molecule has 3 aromatic rings. The van der Waals surface area contributed by atoms with E-state index in [0.29, 0.717) is 22.3 Å². The molecule has 0 spiro atoms. The molecule has 7 heteroatoms. The van der Waals surface area contributed by atoms with Crippen LogP contribution in [0.4, 0.5) is 11.4 Å². The Hall–Kier alpha value is -2.93. The van der Waals surface area contributed by atoms with E-state index in [1.54, 1.807) is 47.2 Å². The Morgan fingerprint density at radius 2 is 1.77 bits per heavy atom. The number of benzene rings is 2. The van der Waals surface area contributed by atoms with E-state index in [9.17, 15) is 14.4 Å². The van der Waals surface area contributed by atoms with Crippen LogP contribution in [0, 0.1) is 0 Å². The van der Waals surface area contributed by atoms with Gasteiger partial charge in [0.1, 0.15) is 6.54 Å². The predicted molar refractivity (Wildman–Crippen MR) is 105 cm³/mol. The third kappa shape index (κ3) is 4.18. The number of nitrogens with zero attached hydrogens (tertiary/aromatic N) is 1. The number of nitrogens with one attached hydrogen (secondary N) is 2. The largest absolute Gasteiger partial charge is 0.338 e. The van der Waals surface area contributed by atoms with Crippen molar-refractivity contribution in [1.29, 1.82) is 0 Å². The molecular formula is C19H16BrN3O3. The highest BCUT2D eigenvalue weighted by Crippen LogP contribution is 2.18. The molecule has 0 aliphatic rings. The van der Waals surface area contributed by atoms with Crippen LogP contribution in [-0.2, 0) is 16.1 Å². The van der Waals surface area contributed by atoms with Crippen molar-refractivity contribution in [2.24, 2.45) is 0 Å². The smallest absolute Gasteiger partial charge is 0.244 e. The molecule has 132 valence electrons. The zero-order chi connectivity index (χ0) is 18.7. The number of carbonyl (C=O) groups is 2. The van der Waals surface area contributed by atoms with Crippen molar-refractivity contribution in [2.45, 2.75) is 13.5 Å². The van der Waals surface area contributed by atoms with Gasteiger partial charge in [-0.25, -0.2) is 0 Å². The molecule has 6 nitrogen and oxygen atoms in total. The number of fused-ring (bicyclic) bond motifs is 1. The summed E-state index contributed by atoms with van der Waals surface area (Å²) in [5, 5.41) is 6.01. The van der Waals surface area contributed by atoms with Crippen molar-refractivity contribution in [3.05, 3.63) is 69.4 Å². The van der Waals surface area contributed by atoms with Crippen LogP contribution in [0.1, 0.15) is 6.92 Å². The van der Waals surface area contributed by atoms with Gasteiger partial charge in [-0.2, -0.15) is 0 Å². The first-order chi connectivity index (χ1) is 12.4. The molecule has 26 heavy (non-hydrogen) atoms. The normalized spacial score (nSPS) is 10.5. The predicted octanol–water partition coefficient (Wildman–Crippen LogP) is 3.36. The fraction of sp³-hybridized carbons (Fsp3) is 0.105. The van der Waals surface area contributed by atoms with E-state index < -0.39 is 0 Å². The van der Waals surface area contributed by atoms with Gasteiger partial charge in [-0.1, -0.05) is 22.0 Å². The minimum absolute atomic E-state index is 0.0583. The van der Waals surface area contributed by atoms with E-state index in [2.05, 4.69) is 26.6 Å². The Kier molecular flexibility index (Phi) is 5.18. The number of aromatic nitrogens is 1. The maximum atomic E-state index is 12.4. The average Bonchev–Trinajstić information content (AvgIpc) is 2.57. The number of hydrogen-bond donors (Lipinski definition) is 2. The van der Waals surface area contributed by atoms with Crippen molar-refractivity contribution < 1.29 is 9.59 Å². The number of amides is 2. The van der Waals surface area contributed by atoms with Crippen LogP contribution >= 0.6 is 15.9 Å². The third-order valence-electron chi connectivity index (χ3n) is 3.72. The molecule has 0 unspecified atom stereocenters. The number of hydrogen-bond acceptors (Lipinski definition) is 3. The van der Waals surface area contributed by atoms with E-state index in [-0.39, 0.29) is 23.8 Å². The zero-order valence-corrected chi connectivity index (χ0v) is 15.5. The third-order valence-corrected chi connectivity index (χ3v) is 4.21. The first-order valence-electron chi connectivity index (χ1n) is 7.88. The molecule has 3 rings (SSSR count). The molecule has 1 aromatic heterocycles. The van der Waals surface area contributed by atoms with Crippen molar-refractivity contribution in [1.82, 2.24) is 4.57 Å². The minimum atomic E-state index is -0.238. The van der Waals surface area contributed by atoms with Gasteiger partial charge in [0.15, 0.2) is 5.43 Å². The molecule has 2 aromatic carbocycles. The van der Waals surface area contributed by atoms with Crippen molar-refractivity contribution in [2.75, 3.05) is 10.6 Å². The topological polar surface area (TPSA) is 80.2 Å². The highest BCUT2D eigenvalue weighted by Gasteiger charge is 2.08. The van der Waals surface area contributed by atoms with Gasteiger partial charge >= 0.3 is 0 Å². The SMILES string of the molecule is CC(=O)Nc1cccc(NC(=O)Cn2ccc(=O)c3cc(Br)ccc32)c1. The van der Waals surface area contributed by atoms with Crippen LogP contribution in [0.5, 0.6) is 0 Å². The highest BCUT2D eigenvalue weighted by molar-refractivity contribution is 9.10. The average molecular weight is 414 g/mol. The number of anilines is 2. The lowest BCUT2D eigenvalue weighted by molar-refractivity contribution is -0.116. The summed E-state index contributed by atoms with van der Waals surface area (Å²) in [5.74, 6) is -0.419. The second-order valence-electron chi connectivity index (χ2n) is 5.78. The van der Waals surface area contributed by atoms with Gasteiger partial charge in [0, 0.05) is 40.4 Å². The first kappa shape index (κ1) is 17.9. The molecule has 0 aliphatic heterocycles.